The van der Waals surface area contributed by atoms with Crippen LogP contribution in [0.25, 0.3) is 0 Å². The molecule has 0 saturated carbocycles. The Labute approximate surface area is 142 Å². The number of alkyl carbamates (subject to hydrolysis) is 1. The van der Waals surface area contributed by atoms with E-state index in [1.165, 1.54) is 19.2 Å². The third kappa shape index (κ3) is 4.68. The summed E-state index contributed by atoms with van der Waals surface area (Å²) in [7, 11) is 1.31. The highest BCUT2D eigenvalue weighted by Gasteiger charge is 2.38. The lowest BCUT2D eigenvalue weighted by Crippen LogP contribution is -2.44. The number of methoxy groups -OCH3 is 1. The number of piperidine rings is 1. The average molecular weight is 338 g/mol. The van der Waals surface area contributed by atoms with Crippen LogP contribution in [0.3, 0.4) is 0 Å². The molecule has 134 valence electrons. The molecule has 24 heavy (non-hydrogen) atoms. The van der Waals surface area contributed by atoms with Gasteiger partial charge < -0.3 is 20.5 Å². The highest BCUT2D eigenvalue weighted by Crippen LogP contribution is 2.38. The monoisotopic (exact) mass is 338 g/mol. The van der Waals surface area contributed by atoms with Gasteiger partial charge in [-0.2, -0.15) is 0 Å². The molecule has 1 aliphatic heterocycles. The fraction of sp³-hybridized carbons (Fsp3) is 0.611. The van der Waals surface area contributed by atoms with Gasteiger partial charge >= 0.3 is 6.09 Å². The Morgan fingerprint density at radius 2 is 2.29 bits per heavy atom. The Balaban J connectivity index is 2.15. The number of aryl methyl sites for hydroxylation is 1. The fourth-order valence-electron chi connectivity index (χ4n) is 3.45. The minimum absolute atomic E-state index is 0.0191. The first-order valence-corrected chi connectivity index (χ1v) is 8.48. The van der Waals surface area contributed by atoms with Gasteiger partial charge in [0.05, 0.1) is 12.7 Å². The lowest BCUT2D eigenvalue weighted by Gasteiger charge is -2.39. The quantitative estimate of drug-likeness (QED) is 0.697. The van der Waals surface area contributed by atoms with Gasteiger partial charge in [-0.3, -0.25) is 0 Å². The number of aliphatic hydroxyl groups is 1. The van der Waals surface area contributed by atoms with Gasteiger partial charge in [0.25, 0.3) is 0 Å². The Bertz CT molecular complexity index is 541. The Hall–Kier alpha value is -1.66. The normalized spacial score (nSPS) is 20.2. The van der Waals surface area contributed by atoms with Crippen molar-refractivity contribution in [2.45, 2.75) is 38.2 Å². The van der Waals surface area contributed by atoms with Gasteiger partial charge in [0, 0.05) is 19.0 Å². The molecule has 1 amide bonds. The van der Waals surface area contributed by atoms with Crippen LogP contribution >= 0.6 is 0 Å². The van der Waals surface area contributed by atoms with Gasteiger partial charge in [-0.05, 0) is 62.4 Å². The van der Waals surface area contributed by atoms with E-state index >= 15 is 0 Å². The first kappa shape index (κ1) is 18.7. The summed E-state index contributed by atoms with van der Waals surface area (Å²) in [4.78, 5) is 11.1. The number of hydrogen-bond donors (Lipinski definition) is 3. The maximum Gasteiger partial charge on any atom is 0.406 e. The highest BCUT2D eigenvalue weighted by molar-refractivity contribution is 5.66. The highest BCUT2D eigenvalue weighted by atomic mass is 19.1. The van der Waals surface area contributed by atoms with E-state index in [0.717, 1.165) is 24.9 Å². The average Bonchev–Trinajstić information content (AvgIpc) is 2.58. The van der Waals surface area contributed by atoms with E-state index in [2.05, 4.69) is 15.4 Å². The van der Waals surface area contributed by atoms with Gasteiger partial charge in [0.1, 0.15) is 5.82 Å². The molecule has 2 atom stereocenters. The summed E-state index contributed by atoms with van der Waals surface area (Å²) in [6, 6.07) is 4.74. The largest absolute Gasteiger partial charge is 0.453 e. The first-order chi connectivity index (χ1) is 11.5. The number of halogens is 1. The van der Waals surface area contributed by atoms with Crippen molar-refractivity contribution < 1.29 is 19.0 Å². The predicted octanol–water partition coefficient (Wildman–Crippen LogP) is 2.46. The molecule has 0 spiro atoms. The lowest BCUT2D eigenvalue weighted by atomic mass is 9.74. The van der Waals surface area contributed by atoms with Crippen LogP contribution in [-0.2, 0) is 10.3 Å². The molecule has 1 saturated heterocycles. The molecule has 0 bridgehead atoms. The minimum atomic E-state index is -1.11. The van der Waals surface area contributed by atoms with Gasteiger partial charge in [0.2, 0.25) is 0 Å². The third-order valence-electron chi connectivity index (χ3n) is 4.70. The maximum atomic E-state index is 13.9. The Morgan fingerprint density at radius 3 is 2.92 bits per heavy atom. The second-order valence-corrected chi connectivity index (χ2v) is 6.51. The van der Waals surface area contributed by atoms with Crippen LogP contribution < -0.4 is 10.6 Å². The number of ether oxygens (including phenoxy) is 1. The molecule has 1 aromatic carbocycles. The summed E-state index contributed by atoms with van der Waals surface area (Å²) < 4.78 is 18.4. The minimum Gasteiger partial charge on any atom is -0.453 e. The SMILES string of the molecule is COC(=O)NCCCC(O)(c1cc(C)cc(F)c1)C1CCCNC1. The Morgan fingerprint density at radius 1 is 1.50 bits per heavy atom. The van der Waals surface area contributed by atoms with Crippen LogP contribution in [0.5, 0.6) is 0 Å². The number of carbonyl (C=O) groups excluding carboxylic acids is 1. The zero-order chi connectivity index (χ0) is 17.6. The van der Waals surface area contributed by atoms with E-state index in [0.29, 0.717) is 31.5 Å². The van der Waals surface area contributed by atoms with Crippen LogP contribution in [0.4, 0.5) is 9.18 Å². The van der Waals surface area contributed by atoms with Crippen LogP contribution in [-0.4, -0.2) is 37.9 Å². The van der Waals surface area contributed by atoms with E-state index in [-0.39, 0.29) is 11.7 Å². The van der Waals surface area contributed by atoms with E-state index in [1.54, 1.807) is 0 Å². The summed E-state index contributed by atoms with van der Waals surface area (Å²) in [5.74, 6) is -0.314. The van der Waals surface area contributed by atoms with Crippen molar-refractivity contribution in [3.05, 3.63) is 35.1 Å². The van der Waals surface area contributed by atoms with Crippen LogP contribution in [0.1, 0.15) is 36.8 Å². The molecule has 0 radical (unpaired) electrons. The molecule has 0 aromatic heterocycles. The van der Waals surface area contributed by atoms with Crippen molar-refractivity contribution in [1.82, 2.24) is 10.6 Å². The molecule has 2 unspecified atom stereocenters. The van der Waals surface area contributed by atoms with Gasteiger partial charge in [-0.25, -0.2) is 9.18 Å². The van der Waals surface area contributed by atoms with E-state index in [9.17, 15) is 14.3 Å². The van der Waals surface area contributed by atoms with E-state index in [1.807, 2.05) is 13.0 Å². The molecule has 1 aromatic rings. The van der Waals surface area contributed by atoms with Crippen LogP contribution in [0, 0.1) is 18.7 Å². The number of hydrogen-bond acceptors (Lipinski definition) is 4. The van der Waals surface area contributed by atoms with Gasteiger partial charge in [0.15, 0.2) is 0 Å². The number of nitrogens with one attached hydrogen (secondary N) is 2. The van der Waals surface area contributed by atoms with Crippen molar-refractivity contribution in [1.29, 1.82) is 0 Å². The molecular formula is C18H27FN2O3. The molecular weight excluding hydrogens is 311 g/mol. The van der Waals surface area contributed by atoms with Crippen molar-refractivity contribution in [2.75, 3.05) is 26.7 Å². The number of rotatable bonds is 6. The first-order valence-electron chi connectivity index (χ1n) is 8.48. The fourth-order valence-corrected chi connectivity index (χ4v) is 3.45. The van der Waals surface area contributed by atoms with Crippen molar-refractivity contribution in [3.8, 4) is 0 Å². The number of benzene rings is 1. The number of carbonyl (C=O) groups is 1. The van der Waals surface area contributed by atoms with Crippen LogP contribution in [0.15, 0.2) is 18.2 Å². The van der Waals surface area contributed by atoms with Crippen LogP contribution in [0.2, 0.25) is 0 Å². The summed E-state index contributed by atoms with van der Waals surface area (Å²) in [5.41, 5.74) is 0.296. The third-order valence-corrected chi connectivity index (χ3v) is 4.70. The molecule has 5 nitrogen and oxygen atoms in total. The summed E-state index contributed by atoms with van der Waals surface area (Å²) in [6.45, 7) is 3.88. The topological polar surface area (TPSA) is 70.6 Å². The van der Waals surface area contributed by atoms with Crippen molar-refractivity contribution in [2.24, 2.45) is 5.92 Å². The Kier molecular flexibility index (Phi) is 6.57. The lowest BCUT2D eigenvalue weighted by molar-refractivity contribution is -0.0423. The summed E-state index contributed by atoms with van der Waals surface area (Å²) in [5, 5.41) is 17.4. The summed E-state index contributed by atoms with van der Waals surface area (Å²) in [6.07, 6.45) is 2.43. The molecule has 1 fully saturated rings. The standard InChI is InChI=1S/C18H27FN2O3/c1-13-9-15(11-16(19)10-13)18(23,14-5-3-7-20-12-14)6-4-8-21-17(22)24-2/h9-11,14,20,23H,3-8,12H2,1-2H3,(H,21,22). The molecule has 0 aliphatic carbocycles. The number of amides is 1. The molecule has 3 N–H and O–H groups in total. The molecule has 1 aliphatic rings. The maximum absolute atomic E-state index is 13.9. The molecule has 6 heteroatoms. The predicted molar refractivity (Wildman–Crippen MR) is 90.3 cm³/mol. The van der Waals surface area contributed by atoms with Gasteiger partial charge in [-0.1, -0.05) is 6.07 Å². The van der Waals surface area contributed by atoms with E-state index < -0.39 is 11.7 Å². The summed E-state index contributed by atoms with van der Waals surface area (Å²) >= 11 is 0. The molecule has 1 heterocycles. The smallest absolute Gasteiger partial charge is 0.406 e. The van der Waals surface area contributed by atoms with Crippen molar-refractivity contribution in [3.63, 3.8) is 0 Å². The zero-order valence-corrected chi connectivity index (χ0v) is 14.4. The zero-order valence-electron chi connectivity index (χ0n) is 14.4. The second kappa shape index (κ2) is 8.44. The second-order valence-electron chi connectivity index (χ2n) is 6.51. The van der Waals surface area contributed by atoms with Crippen molar-refractivity contribution >= 4 is 6.09 Å². The van der Waals surface area contributed by atoms with Gasteiger partial charge in [-0.15, -0.1) is 0 Å². The van der Waals surface area contributed by atoms with E-state index in [4.69, 9.17) is 0 Å². The molecule has 2 rings (SSSR count).